The van der Waals surface area contributed by atoms with Crippen LogP contribution >= 0.6 is 34.2 Å². The molecule has 0 spiro atoms. The molecule has 1 N–H and O–H groups in total. The number of methoxy groups -OCH3 is 1. The number of rotatable bonds is 5. The molecular formula is C16H12ClIN2O3. The predicted octanol–water partition coefficient (Wildman–Crippen LogP) is 4.11. The Balaban J connectivity index is 2.16. The Morgan fingerprint density at radius 2 is 2.04 bits per heavy atom. The van der Waals surface area contributed by atoms with Crippen LogP contribution in [0.5, 0.6) is 11.5 Å². The van der Waals surface area contributed by atoms with E-state index in [9.17, 15) is 4.79 Å². The quantitative estimate of drug-likeness (QED) is 0.708. The molecule has 7 heteroatoms. The lowest BCUT2D eigenvalue weighted by atomic mass is 10.2. The van der Waals surface area contributed by atoms with Gasteiger partial charge in [0.2, 0.25) is 0 Å². The lowest BCUT2D eigenvalue weighted by Crippen LogP contribution is -2.13. The summed E-state index contributed by atoms with van der Waals surface area (Å²) in [5, 5.41) is 11.7. The number of hydrogen-bond donors (Lipinski definition) is 1. The Hall–Kier alpha value is -1.98. The normalized spacial score (nSPS) is 9.83. The van der Waals surface area contributed by atoms with Crippen molar-refractivity contribution >= 4 is 45.8 Å². The van der Waals surface area contributed by atoms with Crippen LogP contribution in [0.15, 0.2) is 36.4 Å². The van der Waals surface area contributed by atoms with Gasteiger partial charge in [0.1, 0.15) is 17.6 Å². The third kappa shape index (κ3) is 4.50. The van der Waals surface area contributed by atoms with Crippen molar-refractivity contribution in [3.8, 4) is 17.6 Å². The number of ether oxygens (including phenoxy) is 2. The molecule has 0 aromatic heterocycles. The Morgan fingerprint density at radius 1 is 1.35 bits per heavy atom. The Bertz CT molecular complexity index is 757. The fraction of sp³-hybridized carbons (Fsp3) is 0.125. The van der Waals surface area contributed by atoms with Gasteiger partial charge < -0.3 is 14.8 Å². The maximum atomic E-state index is 12.4. The van der Waals surface area contributed by atoms with E-state index >= 15 is 0 Å². The van der Waals surface area contributed by atoms with E-state index < -0.39 is 0 Å². The van der Waals surface area contributed by atoms with Crippen molar-refractivity contribution in [2.75, 3.05) is 19.0 Å². The lowest BCUT2D eigenvalue weighted by molar-refractivity contribution is 0.102. The third-order valence-electron chi connectivity index (χ3n) is 2.90. The van der Waals surface area contributed by atoms with E-state index in [1.807, 2.05) is 6.07 Å². The molecule has 2 aromatic carbocycles. The van der Waals surface area contributed by atoms with Gasteiger partial charge in [-0.05, 0) is 59.0 Å². The largest absolute Gasteiger partial charge is 0.496 e. The number of carbonyl (C=O) groups excluding carboxylic acids is 1. The Kier molecular flexibility index (Phi) is 6.07. The lowest BCUT2D eigenvalue weighted by Gasteiger charge is -2.11. The van der Waals surface area contributed by atoms with Crippen LogP contribution in [0.25, 0.3) is 0 Å². The van der Waals surface area contributed by atoms with Gasteiger partial charge in [0.15, 0.2) is 6.61 Å². The second kappa shape index (κ2) is 8.04. The highest BCUT2D eigenvalue weighted by molar-refractivity contribution is 14.1. The number of nitrogens with zero attached hydrogens (tertiary/aromatic N) is 1. The molecule has 0 aliphatic rings. The van der Waals surface area contributed by atoms with E-state index in [4.69, 9.17) is 26.3 Å². The van der Waals surface area contributed by atoms with Gasteiger partial charge in [0.25, 0.3) is 5.91 Å². The SMILES string of the molecule is COc1cc(I)c(Cl)cc1C(=O)Nc1ccc(OCC#N)cc1. The summed E-state index contributed by atoms with van der Waals surface area (Å²) in [6.45, 7) is -0.0238. The molecule has 23 heavy (non-hydrogen) atoms. The molecule has 0 radical (unpaired) electrons. The number of hydrogen-bond acceptors (Lipinski definition) is 4. The van der Waals surface area contributed by atoms with Crippen LogP contribution in [0.1, 0.15) is 10.4 Å². The van der Waals surface area contributed by atoms with E-state index in [0.29, 0.717) is 27.8 Å². The first-order valence-corrected chi connectivity index (χ1v) is 7.95. The minimum absolute atomic E-state index is 0.0238. The minimum atomic E-state index is -0.328. The first kappa shape index (κ1) is 17.4. The van der Waals surface area contributed by atoms with E-state index in [0.717, 1.165) is 3.57 Å². The van der Waals surface area contributed by atoms with Gasteiger partial charge in [0, 0.05) is 9.26 Å². The van der Waals surface area contributed by atoms with Crippen LogP contribution in [0.4, 0.5) is 5.69 Å². The van der Waals surface area contributed by atoms with Crippen molar-refractivity contribution in [1.29, 1.82) is 5.26 Å². The molecule has 0 heterocycles. The summed E-state index contributed by atoms with van der Waals surface area (Å²) in [4.78, 5) is 12.4. The van der Waals surface area contributed by atoms with E-state index in [2.05, 4.69) is 27.9 Å². The molecule has 0 saturated carbocycles. The van der Waals surface area contributed by atoms with Gasteiger partial charge >= 0.3 is 0 Å². The van der Waals surface area contributed by atoms with Crippen LogP contribution in [0.3, 0.4) is 0 Å². The van der Waals surface area contributed by atoms with E-state index in [-0.39, 0.29) is 12.5 Å². The summed E-state index contributed by atoms with van der Waals surface area (Å²) < 4.78 is 11.2. The zero-order chi connectivity index (χ0) is 16.8. The molecule has 0 bridgehead atoms. The highest BCUT2D eigenvalue weighted by Crippen LogP contribution is 2.29. The number of benzene rings is 2. The zero-order valence-corrected chi connectivity index (χ0v) is 15.0. The van der Waals surface area contributed by atoms with Gasteiger partial charge in [-0.3, -0.25) is 4.79 Å². The number of carbonyl (C=O) groups is 1. The molecule has 2 rings (SSSR count). The second-order valence-corrected chi connectivity index (χ2v) is 5.96. The highest BCUT2D eigenvalue weighted by Gasteiger charge is 2.15. The van der Waals surface area contributed by atoms with Crippen molar-refractivity contribution in [2.24, 2.45) is 0 Å². The van der Waals surface area contributed by atoms with Crippen LogP contribution in [-0.4, -0.2) is 19.6 Å². The van der Waals surface area contributed by atoms with Gasteiger partial charge in [0.05, 0.1) is 17.7 Å². The van der Waals surface area contributed by atoms with Gasteiger partial charge in [-0.1, -0.05) is 11.6 Å². The van der Waals surface area contributed by atoms with Gasteiger partial charge in [-0.2, -0.15) is 5.26 Å². The van der Waals surface area contributed by atoms with E-state index in [1.165, 1.54) is 7.11 Å². The first-order chi connectivity index (χ1) is 11.0. The predicted molar refractivity (Wildman–Crippen MR) is 96.2 cm³/mol. The molecule has 0 unspecified atom stereocenters. The monoisotopic (exact) mass is 442 g/mol. The molecular weight excluding hydrogens is 431 g/mol. The smallest absolute Gasteiger partial charge is 0.259 e. The van der Waals surface area contributed by atoms with Crippen molar-refractivity contribution in [1.82, 2.24) is 0 Å². The molecule has 1 amide bonds. The van der Waals surface area contributed by atoms with Crippen LogP contribution in [-0.2, 0) is 0 Å². The molecule has 118 valence electrons. The molecule has 0 fully saturated rings. The molecule has 0 atom stereocenters. The summed E-state index contributed by atoms with van der Waals surface area (Å²) >= 11 is 8.14. The van der Waals surface area contributed by atoms with Crippen molar-refractivity contribution < 1.29 is 14.3 Å². The van der Waals surface area contributed by atoms with E-state index in [1.54, 1.807) is 36.4 Å². The van der Waals surface area contributed by atoms with Crippen LogP contribution in [0, 0.1) is 14.9 Å². The fourth-order valence-corrected chi connectivity index (χ4v) is 2.43. The maximum absolute atomic E-state index is 12.4. The zero-order valence-electron chi connectivity index (χ0n) is 12.1. The Labute approximate surface area is 152 Å². The summed E-state index contributed by atoms with van der Waals surface area (Å²) in [5.41, 5.74) is 0.943. The molecule has 2 aromatic rings. The molecule has 0 aliphatic heterocycles. The van der Waals surface area contributed by atoms with Crippen LogP contribution in [0.2, 0.25) is 5.02 Å². The van der Waals surface area contributed by atoms with Gasteiger partial charge in [-0.15, -0.1) is 0 Å². The number of anilines is 1. The maximum Gasteiger partial charge on any atom is 0.259 e. The average Bonchev–Trinajstić information content (AvgIpc) is 2.56. The van der Waals surface area contributed by atoms with Gasteiger partial charge in [-0.25, -0.2) is 0 Å². The van der Waals surface area contributed by atoms with Crippen molar-refractivity contribution in [3.63, 3.8) is 0 Å². The molecule has 0 aliphatic carbocycles. The standard InChI is InChI=1S/C16H12ClIN2O3/c1-22-15-9-14(18)13(17)8-12(15)16(21)20-10-2-4-11(5-3-10)23-7-6-19/h2-5,8-9H,7H2,1H3,(H,20,21). The summed E-state index contributed by atoms with van der Waals surface area (Å²) in [6, 6.07) is 11.9. The summed E-state index contributed by atoms with van der Waals surface area (Å²) in [6.07, 6.45) is 0. The van der Waals surface area contributed by atoms with Crippen molar-refractivity contribution in [3.05, 3.63) is 50.6 Å². The fourth-order valence-electron chi connectivity index (χ4n) is 1.82. The first-order valence-electron chi connectivity index (χ1n) is 6.49. The molecule has 5 nitrogen and oxygen atoms in total. The third-order valence-corrected chi connectivity index (χ3v) is 4.43. The number of halogens is 2. The van der Waals surface area contributed by atoms with Crippen molar-refractivity contribution in [2.45, 2.75) is 0 Å². The van der Waals surface area contributed by atoms with Crippen LogP contribution < -0.4 is 14.8 Å². The number of nitriles is 1. The highest BCUT2D eigenvalue weighted by atomic mass is 127. The number of nitrogens with one attached hydrogen (secondary N) is 1. The number of amides is 1. The average molecular weight is 443 g/mol. The Morgan fingerprint density at radius 3 is 2.65 bits per heavy atom. The summed E-state index contributed by atoms with van der Waals surface area (Å²) in [5.74, 6) is 0.676. The summed E-state index contributed by atoms with van der Waals surface area (Å²) in [7, 11) is 1.50. The molecule has 0 saturated heterocycles. The topological polar surface area (TPSA) is 71.3 Å². The second-order valence-electron chi connectivity index (χ2n) is 4.39. The minimum Gasteiger partial charge on any atom is -0.496 e.